The Bertz CT molecular complexity index is 1620. The second-order valence-corrected chi connectivity index (χ2v) is 14.2. The van der Waals surface area contributed by atoms with Crippen molar-refractivity contribution in [1.82, 2.24) is 5.32 Å². The number of benzene rings is 2. The van der Waals surface area contributed by atoms with Crippen molar-refractivity contribution in [1.29, 1.82) is 0 Å². The van der Waals surface area contributed by atoms with Gasteiger partial charge in [0.05, 0.1) is 10.3 Å². The van der Waals surface area contributed by atoms with Gasteiger partial charge in [0, 0.05) is 66.2 Å². The molecule has 3 N–H and O–H groups in total. The van der Waals surface area contributed by atoms with Gasteiger partial charge in [-0.3, -0.25) is 9.35 Å². The lowest BCUT2D eigenvalue weighted by molar-refractivity contribution is -0.437. The zero-order valence-electron chi connectivity index (χ0n) is 26.2. The number of hydrogen-bond acceptors (Lipinski definition) is 6. The summed E-state index contributed by atoms with van der Waals surface area (Å²) in [6.07, 6.45) is 12.3. The van der Waals surface area contributed by atoms with Crippen molar-refractivity contribution in [2.75, 3.05) is 30.3 Å². The third kappa shape index (κ3) is 7.04. The molecule has 0 bridgehead atoms. The molecular formula is C34H44N3O5S2+. The minimum Gasteiger partial charge on any atom is -0.356 e. The van der Waals surface area contributed by atoms with E-state index in [9.17, 15) is 22.3 Å². The van der Waals surface area contributed by atoms with Crippen molar-refractivity contribution < 1.29 is 26.9 Å². The molecule has 0 atom stereocenters. The van der Waals surface area contributed by atoms with Crippen LogP contribution in [0.2, 0.25) is 0 Å². The fraction of sp³-hybridized carbons (Fsp3) is 0.412. The monoisotopic (exact) mass is 638 g/mol. The number of fused-ring (bicyclic) bond motifs is 2. The predicted molar refractivity (Wildman–Crippen MR) is 180 cm³/mol. The van der Waals surface area contributed by atoms with Crippen molar-refractivity contribution in [2.45, 2.75) is 69.6 Å². The summed E-state index contributed by atoms with van der Waals surface area (Å²) in [7, 11) is -4.35. The molecule has 10 heteroatoms. The predicted octanol–water partition coefficient (Wildman–Crippen LogP) is 6.62. The van der Waals surface area contributed by atoms with Gasteiger partial charge in [-0.05, 0) is 62.1 Å². The van der Waals surface area contributed by atoms with E-state index < -0.39 is 15.5 Å². The van der Waals surface area contributed by atoms with Crippen LogP contribution in [0.1, 0.15) is 65.0 Å². The van der Waals surface area contributed by atoms with Gasteiger partial charge in [-0.1, -0.05) is 57.2 Å². The fourth-order valence-electron chi connectivity index (χ4n) is 6.17. The molecule has 1 amide bonds. The number of anilines is 1. The smallest absolute Gasteiger partial charge is 0.294 e. The number of allylic oxidation sites excluding steroid dienone is 6. The number of para-hydroxylation sites is 1. The van der Waals surface area contributed by atoms with Gasteiger partial charge in [-0.15, -0.1) is 0 Å². The summed E-state index contributed by atoms with van der Waals surface area (Å²) < 4.78 is 45.2. The summed E-state index contributed by atoms with van der Waals surface area (Å²) in [5, 5.41) is 2.92. The summed E-state index contributed by atoms with van der Waals surface area (Å²) in [4.78, 5) is 13.8. The molecule has 2 aliphatic rings. The van der Waals surface area contributed by atoms with Crippen LogP contribution in [-0.2, 0) is 25.7 Å². The van der Waals surface area contributed by atoms with E-state index in [1.54, 1.807) is 12.1 Å². The molecule has 2 aliphatic heterocycles. The Labute approximate surface area is 266 Å². The van der Waals surface area contributed by atoms with Crippen molar-refractivity contribution in [2.24, 2.45) is 0 Å². The highest BCUT2D eigenvalue weighted by molar-refractivity contribution is 7.93. The highest BCUT2D eigenvalue weighted by atomic mass is 32.2. The first-order chi connectivity index (χ1) is 20.8. The summed E-state index contributed by atoms with van der Waals surface area (Å²) in [5.74, 6) is 0.683. The molecule has 44 heavy (non-hydrogen) atoms. The Kier molecular flexibility index (Phi) is 10.6. The average molecular weight is 639 g/mol. The third-order valence-corrected chi connectivity index (χ3v) is 9.83. The van der Waals surface area contributed by atoms with Crippen LogP contribution in [0.5, 0.6) is 0 Å². The Morgan fingerprint density at radius 1 is 1.02 bits per heavy atom. The molecular weight excluding hydrogens is 595 g/mol. The molecule has 0 unspecified atom stereocenters. The maximum absolute atomic E-state index is 11.9. The topological polar surface area (TPSA) is 110 Å². The number of carbonyl (C=O) groups excluding carboxylic acids is 1. The van der Waals surface area contributed by atoms with E-state index in [0.29, 0.717) is 31.7 Å². The first-order valence-corrected chi connectivity index (χ1v) is 17.4. The van der Waals surface area contributed by atoms with E-state index in [4.69, 9.17) is 0 Å². The van der Waals surface area contributed by atoms with Crippen molar-refractivity contribution >= 4 is 45.2 Å². The van der Waals surface area contributed by atoms with Crippen LogP contribution < -0.4 is 10.2 Å². The summed E-state index contributed by atoms with van der Waals surface area (Å²) in [6, 6.07) is 13.2. The lowest BCUT2D eigenvalue weighted by atomic mass is 9.81. The van der Waals surface area contributed by atoms with Gasteiger partial charge in [0.2, 0.25) is 11.6 Å². The van der Waals surface area contributed by atoms with E-state index in [2.05, 4.69) is 65.1 Å². The molecule has 0 aliphatic carbocycles. The van der Waals surface area contributed by atoms with Gasteiger partial charge in [0.15, 0.2) is 5.71 Å². The first-order valence-electron chi connectivity index (χ1n) is 15.1. The van der Waals surface area contributed by atoms with Crippen molar-refractivity contribution in [3.05, 3.63) is 89.7 Å². The Balaban J connectivity index is 1.63. The fourth-order valence-corrected chi connectivity index (χ4v) is 6.94. The zero-order chi connectivity index (χ0) is 32.1. The molecule has 0 radical (unpaired) electrons. The van der Waals surface area contributed by atoms with Crippen LogP contribution in [0.4, 0.5) is 11.4 Å². The molecule has 0 fully saturated rings. The lowest BCUT2D eigenvalue weighted by Gasteiger charge is -2.27. The van der Waals surface area contributed by atoms with Gasteiger partial charge in [-0.2, -0.15) is 13.0 Å². The summed E-state index contributed by atoms with van der Waals surface area (Å²) >= 11 is 0.873. The second-order valence-electron chi connectivity index (χ2n) is 12.1. The minimum absolute atomic E-state index is 0.00712. The Morgan fingerprint density at radius 2 is 1.77 bits per heavy atom. The number of hydrogen-bond donors (Lipinski definition) is 3. The standard InChI is InChI=1S/C34H43N3O5S2/c1-6-32(38)35-20-12-21-36-29-19-18-25(44(40,41)42)24-27(29)34(4,5)31(36)17-9-7-8-16-30-33(2,3)26-14-10-11-15-28(26)37(30)22-13-23-43-39/h7-11,14-19,24H,6,12-13,20-23H2,1-5H3,(H2-,35,38,39,40,41,42)/p+1. The third-order valence-electron chi connectivity index (χ3n) is 8.51. The number of nitrogens with one attached hydrogen (secondary N) is 1. The second kappa shape index (κ2) is 13.9. The number of rotatable bonds is 13. The molecule has 0 spiro atoms. The molecule has 2 aromatic carbocycles. The van der Waals surface area contributed by atoms with Crippen LogP contribution >= 0.6 is 12.0 Å². The van der Waals surface area contributed by atoms with Crippen LogP contribution in [0.25, 0.3) is 0 Å². The van der Waals surface area contributed by atoms with Crippen LogP contribution in [-0.4, -0.2) is 59.1 Å². The SMILES string of the molecule is CCC(=O)NCCCN1\C(=C/C=C/C=C/C2=[N+](CCCSO)c3ccccc3C2(C)C)C(C)(C)c2cc(S(=O)(=O)O)ccc21. The van der Waals surface area contributed by atoms with Crippen LogP contribution in [0.15, 0.2) is 83.4 Å². The van der Waals surface area contributed by atoms with E-state index in [0.717, 1.165) is 42.0 Å². The van der Waals surface area contributed by atoms with E-state index in [-0.39, 0.29) is 16.2 Å². The quantitative estimate of drug-likeness (QED) is 0.0744. The molecule has 0 saturated carbocycles. The van der Waals surface area contributed by atoms with Crippen molar-refractivity contribution in [3.8, 4) is 0 Å². The largest absolute Gasteiger partial charge is 0.356 e. The van der Waals surface area contributed by atoms with Gasteiger partial charge < -0.3 is 14.8 Å². The maximum Gasteiger partial charge on any atom is 0.294 e. The van der Waals surface area contributed by atoms with Gasteiger partial charge >= 0.3 is 0 Å². The van der Waals surface area contributed by atoms with Gasteiger partial charge in [0.1, 0.15) is 6.54 Å². The Morgan fingerprint density at radius 3 is 2.48 bits per heavy atom. The number of amides is 1. The minimum atomic E-state index is -4.35. The first kappa shape index (κ1) is 33.7. The van der Waals surface area contributed by atoms with Gasteiger partial charge in [-0.25, -0.2) is 0 Å². The average Bonchev–Trinajstić information content (AvgIpc) is 3.33. The molecule has 4 rings (SSSR count). The van der Waals surface area contributed by atoms with E-state index >= 15 is 0 Å². The molecule has 0 aromatic heterocycles. The summed E-state index contributed by atoms with van der Waals surface area (Å²) in [5.41, 5.74) is 5.68. The van der Waals surface area contributed by atoms with Crippen LogP contribution in [0.3, 0.4) is 0 Å². The normalized spacial score (nSPS) is 18.1. The molecule has 2 heterocycles. The molecule has 8 nitrogen and oxygen atoms in total. The molecule has 236 valence electrons. The summed E-state index contributed by atoms with van der Waals surface area (Å²) in [6.45, 7) is 12.4. The van der Waals surface area contributed by atoms with Crippen molar-refractivity contribution in [3.63, 3.8) is 0 Å². The molecule has 0 saturated heterocycles. The highest BCUT2D eigenvalue weighted by Crippen LogP contribution is 2.48. The Hall–Kier alpha value is -3.18. The molecule has 2 aromatic rings. The van der Waals surface area contributed by atoms with E-state index in [1.807, 2.05) is 39.0 Å². The zero-order valence-corrected chi connectivity index (χ0v) is 27.8. The number of carbonyl (C=O) groups is 1. The van der Waals surface area contributed by atoms with Gasteiger partial charge in [0.25, 0.3) is 10.1 Å². The van der Waals surface area contributed by atoms with E-state index in [1.165, 1.54) is 23.0 Å². The number of nitrogens with zero attached hydrogens (tertiary/aromatic N) is 2. The maximum atomic E-state index is 11.9. The van der Waals surface area contributed by atoms with Crippen LogP contribution in [0, 0.1) is 0 Å². The lowest BCUT2D eigenvalue weighted by Crippen LogP contribution is -2.30. The highest BCUT2D eigenvalue weighted by Gasteiger charge is 2.44.